The van der Waals surface area contributed by atoms with Crippen molar-refractivity contribution in [1.29, 1.82) is 5.26 Å². The number of rotatable bonds is 6. The highest BCUT2D eigenvalue weighted by atomic mass is 35.5. The minimum atomic E-state index is 0.407. The highest BCUT2D eigenvalue weighted by Gasteiger charge is 2.03. The Morgan fingerprint density at radius 3 is 2.26 bits per heavy atom. The number of halogens is 1. The van der Waals surface area contributed by atoms with Crippen LogP contribution >= 0.6 is 11.6 Å². The van der Waals surface area contributed by atoms with E-state index in [4.69, 9.17) is 21.1 Å². The Kier molecular flexibility index (Phi) is 6.14. The number of hydrogen-bond acceptors (Lipinski definition) is 3. The topological polar surface area (TPSA) is 42.2 Å². The van der Waals surface area contributed by atoms with Crippen molar-refractivity contribution in [2.75, 3.05) is 7.11 Å². The largest absolute Gasteiger partial charge is 0.497 e. The predicted octanol–water partition coefficient (Wildman–Crippen LogP) is 5.99. The van der Waals surface area contributed by atoms with E-state index < -0.39 is 0 Å². The van der Waals surface area contributed by atoms with Crippen molar-refractivity contribution in [2.24, 2.45) is 0 Å². The molecular weight excluding hydrogens is 358 g/mol. The molecule has 0 aliphatic carbocycles. The Bertz CT molecular complexity index is 971. The molecule has 0 atom stereocenters. The lowest BCUT2D eigenvalue weighted by molar-refractivity contribution is 0.306. The van der Waals surface area contributed by atoms with Crippen LogP contribution in [0.2, 0.25) is 5.02 Å². The van der Waals surface area contributed by atoms with Gasteiger partial charge < -0.3 is 9.47 Å². The first-order chi connectivity index (χ1) is 13.2. The van der Waals surface area contributed by atoms with Crippen LogP contribution in [0.3, 0.4) is 0 Å². The fraction of sp³-hybridized carbons (Fsp3) is 0.0870. The van der Waals surface area contributed by atoms with Crippen molar-refractivity contribution < 1.29 is 9.47 Å². The van der Waals surface area contributed by atoms with E-state index in [0.717, 1.165) is 28.2 Å². The van der Waals surface area contributed by atoms with Crippen LogP contribution in [0.1, 0.15) is 16.7 Å². The van der Waals surface area contributed by atoms with Crippen LogP contribution < -0.4 is 9.47 Å². The van der Waals surface area contributed by atoms with Crippen molar-refractivity contribution in [3.63, 3.8) is 0 Å². The van der Waals surface area contributed by atoms with Gasteiger partial charge in [0.2, 0.25) is 0 Å². The zero-order valence-corrected chi connectivity index (χ0v) is 15.6. The van der Waals surface area contributed by atoms with Gasteiger partial charge in [-0.3, -0.25) is 0 Å². The van der Waals surface area contributed by atoms with E-state index in [1.807, 2.05) is 78.9 Å². The molecule has 4 heteroatoms. The van der Waals surface area contributed by atoms with Gasteiger partial charge in [0.15, 0.2) is 0 Å². The van der Waals surface area contributed by atoms with Gasteiger partial charge in [0.1, 0.15) is 18.1 Å². The van der Waals surface area contributed by atoms with Crippen LogP contribution in [0, 0.1) is 11.3 Å². The minimum absolute atomic E-state index is 0.407. The smallest absolute Gasteiger partial charge is 0.119 e. The predicted molar refractivity (Wildman–Crippen MR) is 109 cm³/mol. The molecule has 0 aliphatic rings. The highest BCUT2D eigenvalue weighted by molar-refractivity contribution is 6.31. The summed E-state index contributed by atoms with van der Waals surface area (Å²) in [5.74, 6) is 1.51. The van der Waals surface area contributed by atoms with E-state index in [-0.39, 0.29) is 0 Å². The fourth-order valence-corrected chi connectivity index (χ4v) is 2.74. The molecule has 3 aromatic rings. The summed E-state index contributed by atoms with van der Waals surface area (Å²) in [4.78, 5) is 0. The third-order valence-corrected chi connectivity index (χ3v) is 4.43. The van der Waals surface area contributed by atoms with E-state index in [2.05, 4.69) is 6.07 Å². The SMILES string of the molecule is COc1ccc(/C(C#N)=C/c2ccc(OCc3ccccc3Cl)cc2)cc1. The molecule has 0 bridgehead atoms. The van der Waals surface area contributed by atoms with Gasteiger partial charge in [-0.05, 0) is 59.7 Å². The van der Waals surface area contributed by atoms with Gasteiger partial charge >= 0.3 is 0 Å². The van der Waals surface area contributed by atoms with Crippen LogP contribution in [0.25, 0.3) is 11.6 Å². The zero-order valence-electron chi connectivity index (χ0n) is 14.9. The maximum atomic E-state index is 9.47. The lowest BCUT2D eigenvalue weighted by Gasteiger charge is -2.08. The Morgan fingerprint density at radius 2 is 1.63 bits per heavy atom. The summed E-state index contributed by atoms with van der Waals surface area (Å²) in [7, 11) is 1.62. The molecule has 0 saturated heterocycles. The molecular formula is C23H18ClNO2. The van der Waals surface area contributed by atoms with E-state index in [0.29, 0.717) is 17.2 Å². The molecule has 0 spiro atoms. The molecule has 0 N–H and O–H groups in total. The second-order valence-electron chi connectivity index (χ2n) is 5.85. The van der Waals surface area contributed by atoms with Crippen molar-refractivity contribution in [2.45, 2.75) is 6.61 Å². The molecule has 3 nitrogen and oxygen atoms in total. The standard InChI is InChI=1S/C23H18ClNO2/c1-26-21-12-8-18(9-13-21)20(15-25)14-17-6-10-22(11-7-17)27-16-19-4-2-3-5-23(19)24/h2-14H,16H2,1H3/b20-14+. The van der Waals surface area contributed by atoms with Gasteiger partial charge in [0.05, 0.1) is 18.8 Å². The van der Waals surface area contributed by atoms with Crippen LogP contribution in [0.4, 0.5) is 0 Å². The van der Waals surface area contributed by atoms with Gasteiger partial charge in [-0.25, -0.2) is 0 Å². The van der Waals surface area contributed by atoms with Gasteiger partial charge in [-0.2, -0.15) is 5.26 Å². The number of benzene rings is 3. The van der Waals surface area contributed by atoms with Crippen LogP contribution in [-0.4, -0.2) is 7.11 Å². The van der Waals surface area contributed by atoms with Crippen LogP contribution in [-0.2, 0) is 6.61 Å². The molecule has 27 heavy (non-hydrogen) atoms. The first-order valence-electron chi connectivity index (χ1n) is 8.42. The van der Waals surface area contributed by atoms with Crippen molar-refractivity contribution >= 4 is 23.3 Å². The van der Waals surface area contributed by atoms with Crippen LogP contribution in [0.15, 0.2) is 72.8 Å². The molecule has 0 amide bonds. The maximum absolute atomic E-state index is 9.47. The van der Waals surface area contributed by atoms with E-state index in [1.54, 1.807) is 7.11 Å². The summed E-state index contributed by atoms with van der Waals surface area (Å²) >= 11 is 6.14. The lowest BCUT2D eigenvalue weighted by Crippen LogP contribution is -1.95. The number of allylic oxidation sites excluding steroid dienone is 1. The third kappa shape index (κ3) is 4.91. The summed E-state index contributed by atoms with van der Waals surface area (Å²) < 4.78 is 10.9. The minimum Gasteiger partial charge on any atom is -0.497 e. The van der Waals surface area contributed by atoms with Crippen molar-refractivity contribution in [1.82, 2.24) is 0 Å². The quantitative estimate of drug-likeness (QED) is 0.392. The second kappa shape index (κ2) is 8.93. The Balaban J connectivity index is 1.71. The summed E-state index contributed by atoms with van der Waals surface area (Å²) in [5.41, 5.74) is 3.29. The molecule has 0 fully saturated rings. The monoisotopic (exact) mass is 375 g/mol. The van der Waals surface area contributed by atoms with Crippen molar-refractivity contribution in [3.8, 4) is 17.6 Å². The Labute approximate surface area is 164 Å². The maximum Gasteiger partial charge on any atom is 0.119 e. The first kappa shape index (κ1) is 18.6. The number of hydrogen-bond donors (Lipinski definition) is 0. The number of ether oxygens (including phenoxy) is 2. The molecule has 134 valence electrons. The van der Waals surface area contributed by atoms with Gasteiger partial charge in [-0.15, -0.1) is 0 Å². The van der Waals surface area contributed by atoms with E-state index >= 15 is 0 Å². The van der Waals surface area contributed by atoms with E-state index in [9.17, 15) is 5.26 Å². The summed E-state index contributed by atoms with van der Waals surface area (Å²) in [6, 6.07) is 24.9. The number of nitriles is 1. The Morgan fingerprint density at radius 1 is 0.963 bits per heavy atom. The molecule has 0 unspecified atom stereocenters. The normalized spacial score (nSPS) is 10.9. The number of methoxy groups -OCH3 is 1. The lowest BCUT2D eigenvalue weighted by atomic mass is 10.0. The van der Waals surface area contributed by atoms with Gasteiger partial charge in [0, 0.05) is 10.6 Å². The van der Waals surface area contributed by atoms with E-state index in [1.165, 1.54) is 0 Å². The Hall–Kier alpha value is -3.22. The summed E-state index contributed by atoms with van der Waals surface area (Å²) in [6.45, 7) is 0.407. The molecule has 0 aliphatic heterocycles. The highest BCUT2D eigenvalue weighted by Crippen LogP contribution is 2.23. The summed E-state index contributed by atoms with van der Waals surface area (Å²) in [5, 5.41) is 10.2. The summed E-state index contributed by atoms with van der Waals surface area (Å²) in [6.07, 6.45) is 1.85. The molecule has 3 aromatic carbocycles. The number of nitrogens with zero attached hydrogens (tertiary/aromatic N) is 1. The first-order valence-corrected chi connectivity index (χ1v) is 8.80. The molecule has 0 radical (unpaired) electrons. The molecule has 3 rings (SSSR count). The van der Waals surface area contributed by atoms with Gasteiger partial charge in [-0.1, -0.05) is 41.9 Å². The van der Waals surface area contributed by atoms with Crippen molar-refractivity contribution in [3.05, 3.63) is 94.5 Å². The zero-order chi connectivity index (χ0) is 19.1. The molecule has 0 aromatic heterocycles. The average Bonchev–Trinajstić information content (AvgIpc) is 2.72. The average molecular weight is 376 g/mol. The fourth-order valence-electron chi connectivity index (χ4n) is 2.55. The van der Waals surface area contributed by atoms with Gasteiger partial charge in [0.25, 0.3) is 0 Å². The molecule has 0 saturated carbocycles. The second-order valence-corrected chi connectivity index (χ2v) is 6.25. The third-order valence-electron chi connectivity index (χ3n) is 4.06. The van der Waals surface area contributed by atoms with Crippen LogP contribution in [0.5, 0.6) is 11.5 Å². The molecule has 0 heterocycles.